The molecule has 0 heterocycles. The normalized spacial score (nSPS) is 17.8. The van der Waals surface area contributed by atoms with Crippen molar-refractivity contribution in [3.63, 3.8) is 0 Å². The topological polar surface area (TPSA) is 34.1 Å². The molecule has 1 unspecified atom stereocenters. The summed E-state index contributed by atoms with van der Waals surface area (Å²) in [6, 6.07) is 0. The van der Waals surface area contributed by atoms with Crippen LogP contribution in [-0.4, -0.2) is 12.6 Å². The molecule has 1 aliphatic rings. The van der Waals surface area contributed by atoms with Crippen LogP contribution in [0.15, 0.2) is 0 Å². The van der Waals surface area contributed by atoms with Crippen LogP contribution >= 0.6 is 0 Å². The minimum atomic E-state index is 0.324. The SMILES string of the molecule is CCCCC(C=O)CC.O=CC1CCCCC1. The summed E-state index contributed by atoms with van der Waals surface area (Å²) in [6.07, 6.45) is 12.8. The molecule has 0 N–H and O–H groups in total. The fourth-order valence-electron chi connectivity index (χ4n) is 2.10. The van der Waals surface area contributed by atoms with Crippen LogP contribution in [0.5, 0.6) is 0 Å². The molecule has 0 saturated heterocycles. The van der Waals surface area contributed by atoms with Gasteiger partial charge in [0.15, 0.2) is 0 Å². The van der Waals surface area contributed by atoms with Crippen LogP contribution in [0.25, 0.3) is 0 Å². The first-order chi connectivity index (χ1) is 8.28. The maximum atomic E-state index is 10.2. The highest BCUT2D eigenvalue weighted by molar-refractivity contribution is 5.53. The molecule has 0 amide bonds. The quantitative estimate of drug-likeness (QED) is 0.653. The molecule has 0 aromatic rings. The Labute approximate surface area is 106 Å². The summed E-state index contributed by atoms with van der Waals surface area (Å²) < 4.78 is 0. The Kier molecular flexibility index (Phi) is 11.4. The van der Waals surface area contributed by atoms with Gasteiger partial charge in [-0.2, -0.15) is 0 Å². The van der Waals surface area contributed by atoms with Crippen molar-refractivity contribution in [1.29, 1.82) is 0 Å². The van der Waals surface area contributed by atoms with Crippen molar-refractivity contribution in [2.24, 2.45) is 11.8 Å². The van der Waals surface area contributed by atoms with Crippen molar-refractivity contribution in [1.82, 2.24) is 0 Å². The summed E-state index contributed by atoms with van der Waals surface area (Å²) in [5.41, 5.74) is 0. The molecule has 1 aliphatic carbocycles. The minimum absolute atomic E-state index is 0.324. The van der Waals surface area contributed by atoms with Gasteiger partial charge < -0.3 is 9.59 Å². The maximum absolute atomic E-state index is 10.2. The number of rotatable bonds is 6. The van der Waals surface area contributed by atoms with Gasteiger partial charge in [0.05, 0.1) is 0 Å². The Hall–Kier alpha value is -0.660. The first-order valence-corrected chi connectivity index (χ1v) is 7.19. The van der Waals surface area contributed by atoms with E-state index in [4.69, 9.17) is 0 Å². The standard InChI is InChI=1S/C8H16O.C7H12O/c1-3-5-6-8(4-2)7-9;8-6-7-4-2-1-3-5-7/h7-8H,3-6H2,1-2H3;6-7H,1-5H2. The van der Waals surface area contributed by atoms with Crippen LogP contribution in [0.1, 0.15) is 71.6 Å². The predicted octanol–water partition coefficient (Wildman–Crippen LogP) is 4.17. The third-order valence-corrected chi connectivity index (χ3v) is 3.49. The lowest BCUT2D eigenvalue weighted by Gasteiger charge is -2.14. The van der Waals surface area contributed by atoms with Crippen molar-refractivity contribution in [3.8, 4) is 0 Å². The molecule has 0 radical (unpaired) electrons. The number of carbonyl (C=O) groups excluding carboxylic acids is 2. The zero-order valence-electron chi connectivity index (χ0n) is 11.5. The second-order valence-corrected chi connectivity index (χ2v) is 4.98. The molecule has 0 aromatic carbocycles. The van der Waals surface area contributed by atoms with Gasteiger partial charge in [0, 0.05) is 11.8 Å². The van der Waals surface area contributed by atoms with E-state index >= 15 is 0 Å². The minimum Gasteiger partial charge on any atom is -0.303 e. The molecular weight excluding hydrogens is 212 g/mol. The van der Waals surface area contributed by atoms with Gasteiger partial charge in [-0.05, 0) is 25.7 Å². The fourth-order valence-corrected chi connectivity index (χ4v) is 2.10. The first-order valence-electron chi connectivity index (χ1n) is 7.19. The monoisotopic (exact) mass is 240 g/mol. The Balaban J connectivity index is 0.000000302. The molecular formula is C15H28O2. The average molecular weight is 240 g/mol. The van der Waals surface area contributed by atoms with Gasteiger partial charge in [-0.25, -0.2) is 0 Å². The molecule has 1 fully saturated rings. The first kappa shape index (κ1) is 16.3. The molecule has 100 valence electrons. The van der Waals surface area contributed by atoms with Gasteiger partial charge in [0.2, 0.25) is 0 Å². The van der Waals surface area contributed by atoms with E-state index in [0.717, 1.165) is 38.3 Å². The van der Waals surface area contributed by atoms with Crippen molar-refractivity contribution >= 4 is 12.6 Å². The molecule has 2 nitrogen and oxygen atoms in total. The van der Waals surface area contributed by atoms with E-state index < -0.39 is 0 Å². The van der Waals surface area contributed by atoms with Crippen LogP contribution in [0.2, 0.25) is 0 Å². The van der Waals surface area contributed by atoms with Crippen molar-refractivity contribution in [2.45, 2.75) is 71.6 Å². The summed E-state index contributed by atoms with van der Waals surface area (Å²) in [7, 11) is 0. The number of hydrogen-bond acceptors (Lipinski definition) is 2. The summed E-state index contributed by atoms with van der Waals surface area (Å²) in [4.78, 5) is 20.4. The molecule has 1 rings (SSSR count). The van der Waals surface area contributed by atoms with E-state index in [0.29, 0.717) is 11.8 Å². The van der Waals surface area contributed by atoms with Gasteiger partial charge in [0.25, 0.3) is 0 Å². The summed E-state index contributed by atoms with van der Waals surface area (Å²) in [6.45, 7) is 4.21. The van der Waals surface area contributed by atoms with Crippen LogP contribution in [0.3, 0.4) is 0 Å². The lowest BCUT2D eigenvalue weighted by molar-refractivity contribution is -0.112. The largest absolute Gasteiger partial charge is 0.303 e. The summed E-state index contributed by atoms with van der Waals surface area (Å²) in [5.74, 6) is 0.730. The Morgan fingerprint density at radius 3 is 2.12 bits per heavy atom. The van der Waals surface area contributed by atoms with Crippen LogP contribution in [0, 0.1) is 11.8 Å². The van der Waals surface area contributed by atoms with E-state index in [1.54, 1.807) is 0 Å². The molecule has 1 saturated carbocycles. The van der Waals surface area contributed by atoms with Crippen LogP contribution in [0.4, 0.5) is 0 Å². The van der Waals surface area contributed by atoms with Crippen LogP contribution in [-0.2, 0) is 9.59 Å². The molecule has 0 spiro atoms. The van der Waals surface area contributed by atoms with Gasteiger partial charge in [0.1, 0.15) is 12.6 Å². The Morgan fingerprint density at radius 2 is 1.76 bits per heavy atom. The number of aldehydes is 2. The number of unbranched alkanes of at least 4 members (excludes halogenated alkanes) is 1. The van der Waals surface area contributed by atoms with Gasteiger partial charge >= 0.3 is 0 Å². The lowest BCUT2D eigenvalue weighted by Crippen LogP contribution is -2.06. The Morgan fingerprint density at radius 1 is 1.12 bits per heavy atom. The highest BCUT2D eigenvalue weighted by atomic mass is 16.1. The van der Waals surface area contributed by atoms with Gasteiger partial charge in [-0.3, -0.25) is 0 Å². The van der Waals surface area contributed by atoms with Crippen molar-refractivity contribution in [3.05, 3.63) is 0 Å². The fraction of sp³-hybridized carbons (Fsp3) is 0.867. The number of hydrogen-bond donors (Lipinski definition) is 0. The third-order valence-electron chi connectivity index (χ3n) is 3.49. The predicted molar refractivity (Wildman–Crippen MR) is 72.0 cm³/mol. The zero-order chi connectivity index (χ0) is 12.9. The summed E-state index contributed by atoms with van der Waals surface area (Å²) in [5, 5.41) is 0. The van der Waals surface area contributed by atoms with E-state index in [9.17, 15) is 9.59 Å². The maximum Gasteiger partial charge on any atom is 0.123 e. The van der Waals surface area contributed by atoms with Gasteiger partial charge in [-0.15, -0.1) is 0 Å². The molecule has 0 bridgehead atoms. The molecule has 0 aliphatic heterocycles. The highest BCUT2D eigenvalue weighted by Gasteiger charge is 2.10. The average Bonchev–Trinajstić information content (AvgIpc) is 2.42. The third kappa shape index (κ3) is 9.08. The smallest absolute Gasteiger partial charge is 0.123 e. The molecule has 1 atom stereocenters. The van der Waals surface area contributed by atoms with E-state index in [1.165, 1.54) is 32.1 Å². The molecule has 2 heteroatoms. The molecule has 17 heavy (non-hydrogen) atoms. The Bertz CT molecular complexity index is 183. The van der Waals surface area contributed by atoms with E-state index in [-0.39, 0.29) is 0 Å². The second kappa shape index (κ2) is 11.8. The zero-order valence-corrected chi connectivity index (χ0v) is 11.5. The number of carbonyl (C=O) groups is 2. The second-order valence-electron chi connectivity index (χ2n) is 4.98. The highest BCUT2D eigenvalue weighted by Crippen LogP contribution is 2.21. The van der Waals surface area contributed by atoms with Crippen LogP contribution < -0.4 is 0 Å². The van der Waals surface area contributed by atoms with Crippen molar-refractivity contribution < 1.29 is 9.59 Å². The summed E-state index contributed by atoms with van der Waals surface area (Å²) >= 11 is 0. The van der Waals surface area contributed by atoms with E-state index in [1.807, 2.05) is 0 Å². The molecule has 0 aromatic heterocycles. The van der Waals surface area contributed by atoms with Gasteiger partial charge in [-0.1, -0.05) is 46.0 Å². The van der Waals surface area contributed by atoms with Crippen molar-refractivity contribution in [2.75, 3.05) is 0 Å². The lowest BCUT2D eigenvalue weighted by atomic mass is 9.91. The van der Waals surface area contributed by atoms with E-state index in [2.05, 4.69) is 13.8 Å².